The van der Waals surface area contributed by atoms with E-state index in [1.165, 1.54) is 0 Å². The van der Waals surface area contributed by atoms with Crippen molar-refractivity contribution in [3.63, 3.8) is 0 Å². The molecule has 0 spiro atoms. The Morgan fingerprint density at radius 3 is 2.28 bits per heavy atom. The molecule has 2 rings (SSSR count). The van der Waals surface area contributed by atoms with Gasteiger partial charge in [0.15, 0.2) is 0 Å². The molecule has 0 heterocycles. The maximum Gasteiger partial charge on any atom is 0.132 e. The van der Waals surface area contributed by atoms with Crippen LogP contribution in [0.25, 0.3) is 0 Å². The number of methoxy groups -OCH3 is 2. The van der Waals surface area contributed by atoms with Crippen molar-refractivity contribution in [1.29, 1.82) is 0 Å². The monoisotopic (exact) mass is 268 g/mol. The molecule has 0 bridgehead atoms. The molecule has 4 heteroatoms. The van der Waals surface area contributed by atoms with Crippen LogP contribution in [-0.2, 0) is 5.41 Å². The summed E-state index contributed by atoms with van der Waals surface area (Å²) in [6.07, 6.45) is 5.21. The molecule has 0 radical (unpaired) electrons. The van der Waals surface area contributed by atoms with Crippen molar-refractivity contribution in [3.8, 4) is 11.5 Å². The van der Waals surface area contributed by atoms with E-state index < -0.39 is 0 Å². The number of benzene rings is 1. The van der Waals surface area contributed by atoms with Gasteiger partial charge in [-0.15, -0.1) is 11.8 Å². The molecule has 0 atom stereocenters. The molecule has 1 aromatic carbocycles. The van der Waals surface area contributed by atoms with E-state index in [-0.39, 0.29) is 12.0 Å². The third-order valence-electron chi connectivity index (χ3n) is 3.89. The van der Waals surface area contributed by atoms with Crippen LogP contribution in [-0.4, -0.2) is 32.2 Å². The fourth-order valence-corrected chi connectivity index (χ4v) is 3.13. The van der Waals surface area contributed by atoms with Gasteiger partial charge in [0.2, 0.25) is 0 Å². The normalized spacial score (nSPS) is 17.1. The van der Waals surface area contributed by atoms with Crippen LogP contribution in [0.15, 0.2) is 17.0 Å². The fraction of sp³-hybridized carbons (Fsp3) is 0.571. The lowest BCUT2D eigenvalue weighted by Crippen LogP contribution is -2.38. The van der Waals surface area contributed by atoms with Crippen LogP contribution >= 0.6 is 11.8 Å². The molecular formula is C14H20O3S. The van der Waals surface area contributed by atoms with Crippen LogP contribution in [0.2, 0.25) is 0 Å². The minimum Gasteiger partial charge on any atom is -0.496 e. The first-order valence-corrected chi connectivity index (χ1v) is 7.34. The summed E-state index contributed by atoms with van der Waals surface area (Å²) in [4.78, 5) is 1.06. The smallest absolute Gasteiger partial charge is 0.132 e. The fourth-order valence-electron chi connectivity index (χ4n) is 2.56. The highest BCUT2D eigenvalue weighted by atomic mass is 32.2. The zero-order valence-electron chi connectivity index (χ0n) is 11.2. The Morgan fingerprint density at radius 2 is 1.89 bits per heavy atom. The van der Waals surface area contributed by atoms with Crippen molar-refractivity contribution in [2.45, 2.75) is 29.6 Å². The zero-order chi connectivity index (χ0) is 13.2. The highest BCUT2D eigenvalue weighted by molar-refractivity contribution is 7.98. The zero-order valence-corrected chi connectivity index (χ0v) is 12.0. The van der Waals surface area contributed by atoms with Gasteiger partial charge in [-0.3, -0.25) is 0 Å². The Kier molecular flexibility index (Phi) is 4.07. The molecular weight excluding hydrogens is 248 g/mol. The van der Waals surface area contributed by atoms with Crippen LogP contribution in [0.5, 0.6) is 11.5 Å². The molecule has 0 amide bonds. The Labute approximate surface area is 112 Å². The summed E-state index contributed by atoms with van der Waals surface area (Å²) >= 11 is 1.63. The quantitative estimate of drug-likeness (QED) is 0.833. The van der Waals surface area contributed by atoms with Crippen LogP contribution in [0.4, 0.5) is 0 Å². The van der Waals surface area contributed by atoms with Crippen LogP contribution in [0, 0.1) is 0 Å². The lowest BCUT2D eigenvalue weighted by molar-refractivity contribution is 0.117. The topological polar surface area (TPSA) is 38.7 Å². The number of ether oxygens (including phenoxy) is 2. The average Bonchev–Trinajstić information content (AvgIpc) is 2.37. The molecule has 0 saturated heterocycles. The standard InChI is InChI=1S/C14H20O3S/c1-16-11-8-13(18-3)12(17-2)7-10(11)14(9-15)5-4-6-14/h7-8,15H,4-6,9H2,1-3H3. The molecule has 100 valence electrons. The third kappa shape index (κ3) is 2.08. The van der Waals surface area contributed by atoms with Gasteiger partial charge in [0, 0.05) is 11.0 Å². The Morgan fingerprint density at radius 1 is 1.22 bits per heavy atom. The van der Waals surface area contributed by atoms with Gasteiger partial charge in [-0.1, -0.05) is 6.42 Å². The summed E-state index contributed by atoms with van der Waals surface area (Å²) in [7, 11) is 3.36. The highest BCUT2D eigenvalue weighted by Crippen LogP contribution is 2.49. The van der Waals surface area contributed by atoms with Crippen molar-refractivity contribution < 1.29 is 14.6 Å². The van der Waals surface area contributed by atoms with Gasteiger partial charge in [0.25, 0.3) is 0 Å². The van der Waals surface area contributed by atoms with Crippen LogP contribution < -0.4 is 9.47 Å². The predicted octanol–water partition coefficient (Wildman–Crippen LogP) is 2.84. The van der Waals surface area contributed by atoms with Gasteiger partial charge in [-0.2, -0.15) is 0 Å². The average molecular weight is 268 g/mol. The SMILES string of the molecule is COc1cc(C2(CO)CCC2)c(OC)cc1SC. The molecule has 0 aromatic heterocycles. The summed E-state index contributed by atoms with van der Waals surface area (Å²) in [6, 6.07) is 4.04. The number of rotatable bonds is 5. The van der Waals surface area contributed by atoms with E-state index in [9.17, 15) is 5.11 Å². The van der Waals surface area contributed by atoms with Gasteiger partial charge >= 0.3 is 0 Å². The number of hydrogen-bond acceptors (Lipinski definition) is 4. The molecule has 18 heavy (non-hydrogen) atoms. The minimum atomic E-state index is -0.129. The van der Waals surface area contributed by atoms with E-state index in [1.54, 1.807) is 26.0 Å². The van der Waals surface area contributed by atoms with Gasteiger partial charge in [0.1, 0.15) is 11.5 Å². The van der Waals surface area contributed by atoms with Crippen molar-refractivity contribution in [3.05, 3.63) is 17.7 Å². The molecule has 0 aliphatic heterocycles. The van der Waals surface area contributed by atoms with E-state index in [4.69, 9.17) is 9.47 Å². The van der Waals surface area contributed by atoms with E-state index in [2.05, 4.69) is 0 Å². The summed E-state index contributed by atoms with van der Waals surface area (Å²) in [5, 5.41) is 9.70. The molecule has 3 nitrogen and oxygen atoms in total. The van der Waals surface area contributed by atoms with Crippen molar-refractivity contribution in [2.24, 2.45) is 0 Å². The minimum absolute atomic E-state index is 0.129. The van der Waals surface area contributed by atoms with Gasteiger partial charge < -0.3 is 14.6 Å². The summed E-state index contributed by atoms with van der Waals surface area (Å²) in [5.74, 6) is 1.71. The molecule has 1 aliphatic carbocycles. The second-order valence-electron chi connectivity index (χ2n) is 4.70. The molecule has 0 unspecified atom stereocenters. The molecule has 1 aliphatic rings. The molecule has 1 N–H and O–H groups in total. The summed E-state index contributed by atoms with van der Waals surface area (Å²) in [6.45, 7) is 0.172. The Balaban J connectivity index is 2.51. The largest absolute Gasteiger partial charge is 0.496 e. The second-order valence-corrected chi connectivity index (χ2v) is 5.55. The Bertz CT molecular complexity index is 422. The van der Waals surface area contributed by atoms with E-state index in [1.807, 2.05) is 18.4 Å². The number of aliphatic hydroxyl groups excluding tert-OH is 1. The molecule has 1 fully saturated rings. The van der Waals surface area contributed by atoms with Crippen LogP contribution in [0.1, 0.15) is 24.8 Å². The van der Waals surface area contributed by atoms with E-state index in [0.29, 0.717) is 0 Å². The maximum absolute atomic E-state index is 9.70. The third-order valence-corrected chi connectivity index (χ3v) is 4.65. The Hall–Kier alpha value is -0.870. The van der Waals surface area contributed by atoms with Gasteiger partial charge in [-0.25, -0.2) is 0 Å². The molecule has 1 aromatic rings. The van der Waals surface area contributed by atoms with Crippen molar-refractivity contribution >= 4 is 11.8 Å². The first kappa shape index (κ1) is 13.6. The highest BCUT2D eigenvalue weighted by Gasteiger charge is 2.40. The van der Waals surface area contributed by atoms with Crippen molar-refractivity contribution in [2.75, 3.05) is 27.1 Å². The number of aliphatic hydroxyl groups is 1. The second kappa shape index (κ2) is 5.41. The predicted molar refractivity (Wildman–Crippen MR) is 73.9 cm³/mol. The first-order chi connectivity index (χ1) is 8.70. The maximum atomic E-state index is 9.70. The number of hydrogen-bond donors (Lipinski definition) is 1. The van der Waals surface area contributed by atoms with E-state index in [0.717, 1.165) is 41.2 Å². The lowest BCUT2D eigenvalue weighted by Gasteiger charge is -2.41. The lowest BCUT2D eigenvalue weighted by atomic mass is 9.64. The van der Waals surface area contributed by atoms with Crippen molar-refractivity contribution in [1.82, 2.24) is 0 Å². The first-order valence-electron chi connectivity index (χ1n) is 6.12. The summed E-state index contributed by atoms with van der Waals surface area (Å²) < 4.78 is 10.9. The van der Waals surface area contributed by atoms with Crippen LogP contribution in [0.3, 0.4) is 0 Å². The number of thioether (sulfide) groups is 1. The van der Waals surface area contributed by atoms with Gasteiger partial charge in [-0.05, 0) is 31.2 Å². The van der Waals surface area contributed by atoms with E-state index >= 15 is 0 Å². The summed E-state index contributed by atoms with van der Waals surface area (Å²) in [5.41, 5.74) is 0.948. The molecule has 1 saturated carbocycles. The van der Waals surface area contributed by atoms with Gasteiger partial charge in [0.05, 0.1) is 25.7 Å².